The number of rotatable bonds is 5. The minimum Gasteiger partial charge on any atom is -0.409 e. The van der Waals surface area contributed by atoms with E-state index in [4.69, 9.17) is 22.5 Å². The molecule has 0 radical (unpaired) electrons. The van der Waals surface area contributed by atoms with Crippen molar-refractivity contribution in [3.8, 4) is 0 Å². The summed E-state index contributed by atoms with van der Waals surface area (Å²) in [5.41, 5.74) is 5.59. The summed E-state index contributed by atoms with van der Waals surface area (Å²) in [4.78, 5) is 14.9. The maximum absolute atomic E-state index is 12.3. The molecule has 1 aromatic heterocycles. The van der Waals surface area contributed by atoms with Crippen LogP contribution in [0.15, 0.2) is 17.3 Å². The summed E-state index contributed by atoms with van der Waals surface area (Å²) in [6.45, 7) is 4.17. The molecule has 0 saturated carbocycles. The van der Waals surface area contributed by atoms with Gasteiger partial charge in [0.1, 0.15) is 5.92 Å². The topological polar surface area (TPSA) is 78.9 Å². The maximum Gasteiger partial charge on any atom is 0.233 e. The number of hydrogen-bond acceptors (Lipinski definition) is 4. The number of oxime groups is 1. The van der Waals surface area contributed by atoms with Gasteiger partial charge in [-0.15, -0.1) is 11.3 Å². The van der Waals surface area contributed by atoms with Crippen LogP contribution in [0, 0.1) is 11.8 Å². The second kappa shape index (κ2) is 6.77. The Balaban J connectivity index is 2.79. The maximum atomic E-state index is 12.3. The molecule has 7 heteroatoms. The van der Waals surface area contributed by atoms with E-state index in [0.29, 0.717) is 10.9 Å². The smallest absolute Gasteiger partial charge is 0.233 e. The number of amides is 1. The Morgan fingerprint density at radius 2 is 2.21 bits per heavy atom. The van der Waals surface area contributed by atoms with Crippen LogP contribution in [0.3, 0.4) is 0 Å². The van der Waals surface area contributed by atoms with Crippen LogP contribution in [0.4, 0.5) is 0 Å². The summed E-state index contributed by atoms with van der Waals surface area (Å²) in [7, 11) is 1.69. The van der Waals surface area contributed by atoms with Crippen LogP contribution >= 0.6 is 22.9 Å². The second-order valence-corrected chi connectivity index (χ2v) is 6.45. The molecular weight excluding hydrogens is 286 g/mol. The number of hydrogen-bond donors (Lipinski definition) is 2. The molecule has 1 atom stereocenters. The number of thiophene rings is 1. The fourth-order valence-corrected chi connectivity index (χ4v) is 2.94. The van der Waals surface area contributed by atoms with Gasteiger partial charge in [-0.05, 0) is 18.1 Å². The first-order valence-electron chi connectivity index (χ1n) is 5.83. The third kappa shape index (κ3) is 4.11. The largest absolute Gasteiger partial charge is 0.409 e. The molecule has 5 nitrogen and oxygen atoms in total. The highest BCUT2D eigenvalue weighted by Crippen LogP contribution is 2.23. The average molecular weight is 304 g/mol. The van der Waals surface area contributed by atoms with Crippen molar-refractivity contribution in [3.05, 3.63) is 21.3 Å². The molecule has 0 aliphatic heterocycles. The lowest BCUT2D eigenvalue weighted by atomic mass is 9.93. The molecule has 106 valence electrons. The molecule has 1 aromatic rings. The van der Waals surface area contributed by atoms with Crippen molar-refractivity contribution >= 4 is 34.7 Å². The van der Waals surface area contributed by atoms with Gasteiger partial charge in [-0.25, -0.2) is 0 Å². The monoisotopic (exact) mass is 303 g/mol. The number of halogens is 1. The highest BCUT2D eigenvalue weighted by atomic mass is 35.5. The van der Waals surface area contributed by atoms with E-state index in [1.807, 2.05) is 19.9 Å². The van der Waals surface area contributed by atoms with Crippen molar-refractivity contribution in [1.29, 1.82) is 0 Å². The van der Waals surface area contributed by atoms with Gasteiger partial charge in [0.15, 0.2) is 5.84 Å². The van der Waals surface area contributed by atoms with Crippen molar-refractivity contribution in [1.82, 2.24) is 4.90 Å². The summed E-state index contributed by atoms with van der Waals surface area (Å²) in [5, 5.41) is 11.7. The van der Waals surface area contributed by atoms with E-state index in [9.17, 15) is 4.79 Å². The van der Waals surface area contributed by atoms with Gasteiger partial charge in [-0.2, -0.15) is 0 Å². The molecule has 0 spiro atoms. The van der Waals surface area contributed by atoms with Crippen LogP contribution in [-0.2, 0) is 11.3 Å². The summed E-state index contributed by atoms with van der Waals surface area (Å²) in [6, 6.07) is 3.67. The minimum absolute atomic E-state index is 0.0437. The first-order valence-corrected chi connectivity index (χ1v) is 7.02. The third-order valence-electron chi connectivity index (χ3n) is 2.76. The molecule has 0 aliphatic carbocycles. The Morgan fingerprint density at radius 3 is 2.63 bits per heavy atom. The SMILES string of the molecule is CC(C)C(C(=O)N(C)Cc1ccc(Cl)s1)C(N)=NO. The van der Waals surface area contributed by atoms with Gasteiger partial charge in [0, 0.05) is 11.9 Å². The fraction of sp³-hybridized carbons (Fsp3) is 0.500. The van der Waals surface area contributed by atoms with Gasteiger partial charge in [-0.1, -0.05) is 30.6 Å². The van der Waals surface area contributed by atoms with E-state index < -0.39 is 5.92 Å². The first kappa shape index (κ1) is 15.8. The molecule has 19 heavy (non-hydrogen) atoms. The van der Waals surface area contributed by atoms with E-state index >= 15 is 0 Å². The summed E-state index contributed by atoms with van der Waals surface area (Å²) in [5.74, 6) is -0.894. The predicted molar refractivity (Wildman–Crippen MR) is 77.5 cm³/mol. The summed E-state index contributed by atoms with van der Waals surface area (Å²) >= 11 is 7.28. The van der Waals surface area contributed by atoms with Gasteiger partial charge in [0.05, 0.1) is 10.9 Å². The van der Waals surface area contributed by atoms with E-state index in [0.717, 1.165) is 4.88 Å². The van der Waals surface area contributed by atoms with E-state index in [-0.39, 0.29) is 17.7 Å². The normalized spacial score (nSPS) is 13.6. The van der Waals surface area contributed by atoms with Crippen LogP contribution in [0.2, 0.25) is 4.34 Å². The Labute approximate surface area is 121 Å². The molecular formula is C12H18ClN3O2S. The molecule has 1 rings (SSSR count). The number of nitrogens with two attached hydrogens (primary N) is 1. The lowest BCUT2D eigenvalue weighted by molar-refractivity contribution is -0.133. The molecule has 0 aliphatic rings. The number of carbonyl (C=O) groups excluding carboxylic acids is 1. The zero-order valence-electron chi connectivity index (χ0n) is 11.1. The van der Waals surface area contributed by atoms with Gasteiger partial charge in [-0.3, -0.25) is 4.79 Å². The number of nitrogens with zero attached hydrogens (tertiary/aromatic N) is 2. The highest BCUT2D eigenvalue weighted by molar-refractivity contribution is 7.16. The zero-order chi connectivity index (χ0) is 14.6. The quantitative estimate of drug-likeness (QED) is 0.379. The second-order valence-electron chi connectivity index (χ2n) is 4.65. The standard InChI is InChI=1S/C12H18ClN3O2S/c1-7(2)10(11(14)15-18)12(17)16(3)6-8-4-5-9(13)19-8/h4-5,7,10,18H,6H2,1-3H3,(H2,14,15). The molecule has 1 heterocycles. The van der Waals surface area contributed by atoms with E-state index in [1.54, 1.807) is 18.0 Å². The number of amidine groups is 1. The zero-order valence-corrected chi connectivity index (χ0v) is 12.7. The molecule has 0 fully saturated rings. The Hall–Kier alpha value is -1.27. The Kier molecular flexibility index (Phi) is 5.62. The minimum atomic E-state index is -0.620. The molecule has 3 N–H and O–H groups in total. The Bertz CT molecular complexity index is 473. The van der Waals surface area contributed by atoms with Gasteiger partial charge < -0.3 is 15.8 Å². The third-order valence-corrected chi connectivity index (χ3v) is 3.98. The van der Waals surface area contributed by atoms with Crippen molar-refractivity contribution in [2.45, 2.75) is 20.4 Å². The lowest BCUT2D eigenvalue weighted by Crippen LogP contribution is -2.42. The van der Waals surface area contributed by atoms with Crippen LogP contribution in [0.5, 0.6) is 0 Å². The van der Waals surface area contributed by atoms with E-state index in [1.165, 1.54) is 11.3 Å². The fourth-order valence-electron chi connectivity index (χ4n) is 1.80. The summed E-state index contributed by atoms with van der Waals surface area (Å²) in [6.07, 6.45) is 0. The van der Waals surface area contributed by atoms with Gasteiger partial charge in [0.2, 0.25) is 5.91 Å². The molecule has 1 amide bonds. The van der Waals surface area contributed by atoms with Gasteiger partial charge >= 0.3 is 0 Å². The molecule has 0 bridgehead atoms. The average Bonchev–Trinajstić information content (AvgIpc) is 2.73. The first-order chi connectivity index (χ1) is 8.86. The predicted octanol–water partition coefficient (Wildman–Crippen LogP) is 2.38. The van der Waals surface area contributed by atoms with Crippen molar-refractivity contribution in [2.24, 2.45) is 22.7 Å². The van der Waals surface area contributed by atoms with Gasteiger partial charge in [0.25, 0.3) is 0 Å². The van der Waals surface area contributed by atoms with Crippen LogP contribution < -0.4 is 5.73 Å². The van der Waals surface area contributed by atoms with Crippen LogP contribution in [0.1, 0.15) is 18.7 Å². The Morgan fingerprint density at radius 1 is 1.58 bits per heavy atom. The van der Waals surface area contributed by atoms with E-state index in [2.05, 4.69) is 5.16 Å². The lowest BCUT2D eigenvalue weighted by Gasteiger charge is -2.25. The summed E-state index contributed by atoms with van der Waals surface area (Å²) < 4.78 is 0.688. The number of carbonyl (C=O) groups is 1. The van der Waals surface area contributed by atoms with Crippen LogP contribution in [-0.4, -0.2) is 28.9 Å². The van der Waals surface area contributed by atoms with Crippen molar-refractivity contribution in [2.75, 3.05) is 7.05 Å². The highest BCUT2D eigenvalue weighted by Gasteiger charge is 2.29. The molecule has 0 aromatic carbocycles. The van der Waals surface area contributed by atoms with Crippen LogP contribution in [0.25, 0.3) is 0 Å². The molecule has 0 saturated heterocycles. The van der Waals surface area contributed by atoms with Crippen molar-refractivity contribution in [3.63, 3.8) is 0 Å². The molecule has 1 unspecified atom stereocenters. The van der Waals surface area contributed by atoms with Crippen molar-refractivity contribution < 1.29 is 10.0 Å².